The zero-order chi connectivity index (χ0) is 14.4. The van der Waals surface area contributed by atoms with Gasteiger partial charge in [0.15, 0.2) is 0 Å². The van der Waals surface area contributed by atoms with Crippen LogP contribution in [0.15, 0.2) is 29.3 Å². The lowest BCUT2D eigenvalue weighted by Gasteiger charge is -2.08. The molecular weight excluding hydrogens is 243 g/mol. The molecule has 0 spiro atoms. The van der Waals surface area contributed by atoms with Gasteiger partial charge in [0, 0.05) is 11.3 Å². The molecular formula is C15H19FN2O. The second kappa shape index (κ2) is 6.83. The van der Waals surface area contributed by atoms with E-state index in [9.17, 15) is 9.18 Å². The van der Waals surface area contributed by atoms with E-state index in [1.807, 2.05) is 26.8 Å². The number of halogens is 1. The summed E-state index contributed by atoms with van der Waals surface area (Å²) in [5.41, 5.74) is 8.21. The summed E-state index contributed by atoms with van der Waals surface area (Å²) in [4.78, 5) is 15.4. The van der Waals surface area contributed by atoms with Gasteiger partial charge in [0.2, 0.25) is 5.91 Å². The summed E-state index contributed by atoms with van der Waals surface area (Å²) in [6.45, 7) is 5.69. The first-order chi connectivity index (χ1) is 8.97. The number of hydrogen-bond acceptors (Lipinski definition) is 2. The van der Waals surface area contributed by atoms with Crippen LogP contribution in [-0.4, -0.2) is 11.6 Å². The van der Waals surface area contributed by atoms with Gasteiger partial charge in [-0.25, -0.2) is 4.39 Å². The lowest BCUT2D eigenvalue weighted by molar-refractivity contribution is -0.116. The lowest BCUT2D eigenvalue weighted by Crippen LogP contribution is -2.15. The van der Waals surface area contributed by atoms with Crippen molar-refractivity contribution in [3.05, 3.63) is 35.7 Å². The third-order valence-electron chi connectivity index (χ3n) is 2.88. The smallest absolute Gasteiger partial charge is 0.223 e. The number of rotatable bonds is 5. The number of allylic oxidation sites excluding steroid dienone is 2. The first-order valence-electron chi connectivity index (χ1n) is 6.25. The van der Waals surface area contributed by atoms with Crippen LogP contribution in [0.1, 0.15) is 39.2 Å². The Morgan fingerprint density at radius 3 is 2.68 bits per heavy atom. The number of carbonyl (C=O) groups excluding carboxylic acids is 1. The minimum atomic E-state index is -0.410. The third kappa shape index (κ3) is 4.32. The molecule has 0 aliphatic heterocycles. The quantitative estimate of drug-likeness (QED) is 0.810. The molecule has 1 aromatic rings. The van der Waals surface area contributed by atoms with Gasteiger partial charge in [-0.05, 0) is 44.0 Å². The highest BCUT2D eigenvalue weighted by molar-refractivity contribution is 6.01. The van der Waals surface area contributed by atoms with Crippen LogP contribution in [-0.2, 0) is 4.79 Å². The maximum absolute atomic E-state index is 13.3. The van der Waals surface area contributed by atoms with Crippen LogP contribution in [0.5, 0.6) is 0 Å². The summed E-state index contributed by atoms with van der Waals surface area (Å²) >= 11 is 0. The molecule has 1 aromatic carbocycles. The topological polar surface area (TPSA) is 55.4 Å². The SMILES string of the molecule is C/C=C(/C)c1cc(F)ccc1/N=C(\CC)CC(N)=O. The van der Waals surface area contributed by atoms with Gasteiger partial charge in [-0.1, -0.05) is 13.0 Å². The van der Waals surface area contributed by atoms with E-state index in [4.69, 9.17) is 5.73 Å². The maximum Gasteiger partial charge on any atom is 0.223 e. The van der Waals surface area contributed by atoms with E-state index in [-0.39, 0.29) is 12.2 Å². The van der Waals surface area contributed by atoms with Crippen molar-refractivity contribution in [3.63, 3.8) is 0 Å². The molecule has 0 atom stereocenters. The molecule has 4 heteroatoms. The Labute approximate surface area is 113 Å². The minimum Gasteiger partial charge on any atom is -0.369 e. The molecule has 0 saturated carbocycles. The van der Waals surface area contributed by atoms with Crippen molar-refractivity contribution in [2.24, 2.45) is 10.7 Å². The number of carbonyl (C=O) groups is 1. The molecule has 0 heterocycles. The standard InChI is InChI=1S/C15H19FN2O/c1-4-10(3)13-8-11(16)6-7-14(13)18-12(5-2)9-15(17)19/h4,6-8H,5,9H2,1-3H3,(H2,17,19)/b10-4-,18-12+. The molecule has 0 bridgehead atoms. The van der Waals surface area contributed by atoms with Crippen molar-refractivity contribution in [1.82, 2.24) is 0 Å². The predicted octanol–water partition coefficient (Wildman–Crippen LogP) is 3.61. The van der Waals surface area contributed by atoms with Crippen molar-refractivity contribution in [2.75, 3.05) is 0 Å². The fraction of sp³-hybridized carbons (Fsp3) is 0.333. The second-order valence-electron chi connectivity index (χ2n) is 4.31. The first-order valence-corrected chi connectivity index (χ1v) is 6.25. The Morgan fingerprint density at radius 2 is 2.16 bits per heavy atom. The van der Waals surface area contributed by atoms with Gasteiger partial charge in [0.1, 0.15) is 5.82 Å². The molecule has 0 aliphatic carbocycles. The Bertz CT molecular complexity index is 533. The Hall–Kier alpha value is -1.97. The molecule has 0 aliphatic rings. The molecule has 19 heavy (non-hydrogen) atoms. The minimum absolute atomic E-state index is 0.127. The summed E-state index contributed by atoms with van der Waals surface area (Å²) in [5, 5.41) is 0. The van der Waals surface area contributed by atoms with Gasteiger partial charge < -0.3 is 5.73 Å². The molecule has 1 amide bonds. The maximum atomic E-state index is 13.3. The fourth-order valence-electron chi connectivity index (χ4n) is 1.69. The van der Waals surface area contributed by atoms with E-state index < -0.39 is 5.91 Å². The normalized spacial score (nSPS) is 12.6. The zero-order valence-electron chi connectivity index (χ0n) is 11.5. The summed E-state index contributed by atoms with van der Waals surface area (Å²) < 4.78 is 13.3. The fourth-order valence-corrected chi connectivity index (χ4v) is 1.69. The lowest BCUT2D eigenvalue weighted by atomic mass is 10.0. The number of hydrogen-bond donors (Lipinski definition) is 1. The van der Waals surface area contributed by atoms with Crippen LogP contribution in [0.25, 0.3) is 5.57 Å². The van der Waals surface area contributed by atoms with Crippen LogP contribution in [0.4, 0.5) is 10.1 Å². The molecule has 1 rings (SSSR count). The Morgan fingerprint density at radius 1 is 1.47 bits per heavy atom. The molecule has 0 unspecified atom stereocenters. The Balaban J connectivity index is 3.26. The molecule has 2 N–H and O–H groups in total. The largest absolute Gasteiger partial charge is 0.369 e. The average molecular weight is 262 g/mol. The molecule has 0 radical (unpaired) electrons. The van der Waals surface area contributed by atoms with E-state index in [2.05, 4.69) is 4.99 Å². The molecule has 102 valence electrons. The first kappa shape index (κ1) is 15.1. The van der Waals surface area contributed by atoms with Crippen LogP contribution in [0.2, 0.25) is 0 Å². The monoisotopic (exact) mass is 262 g/mol. The van der Waals surface area contributed by atoms with E-state index in [1.165, 1.54) is 12.1 Å². The van der Waals surface area contributed by atoms with E-state index in [0.29, 0.717) is 17.8 Å². The van der Waals surface area contributed by atoms with Crippen LogP contribution < -0.4 is 5.73 Å². The van der Waals surface area contributed by atoms with Gasteiger partial charge in [-0.2, -0.15) is 0 Å². The number of amides is 1. The van der Waals surface area contributed by atoms with Crippen molar-refractivity contribution in [1.29, 1.82) is 0 Å². The van der Waals surface area contributed by atoms with Crippen molar-refractivity contribution < 1.29 is 9.18 Å². The summed E-state index contributed by atoms with van der Waals surface area (Å²) in [7, 11) is 0. The second-order valence-corrected chi connectivity index (χ2v) is 4.31. The number of primary amides is 1. The third-order valence-corrected chi connectivity index (χ3v) is 2.88. The van der Waals surface area contributed by atoms with E-state index in [0.717, 1.165) is 11.1 Å². The average Bonchev–Trinajstić information content (AvgIpc) is 2.38. The number of benzene rings is 1. The number of nitrogens with zero attached hydrogens (tertiary/aromatic N) is 1. The number of aliphatic imine (C=N–C) groups is 1. The van der Waals surface area contributed by atoms with Crippen molar-refractivity contribution >= 4 is 22.9 Å². The summed E-state index contributed by atoms with van der Waals surface area (Å²) in [6.07, 6.45) is 2.66. The molecule has 0 fully saturated rings. The molecule has 0 saturated heterocycles. The number of nitrogens with two attached hydrogens (primary N) is 1. The van der Waals surface area contributed by atoms with E-state index in [1.54, 1.807) is 6.07 Å². The highest BCUT2D eigenvalue weighted by Crippen LogP contribution is 2.27. The van der Waals surface area contributed by atoms with Crippen LogP contribution >= 0.6 is 0 Å². The van der Waals surface area contributed by atoms with Gasteiger partial charge in [-0.15, -0.1) is 0 Å². The summed E-state index contributed by atoms with van der Waals surface area (Å²) in [5.74, 6) is -0.713. The Kier molecular flexibility index (Phi) is 5.42. The van der Waals surface area contributed by atoms with Gasteiger partial charge in [0.25, 0.3) is 0 Å². The van der Waals surface area contributed by atoms with Gasteiger partial charge in [-0.3, -0.25) is 9.79 Å². The zero-order valence-corrected chi connectivity index (χ0v) is 11.5. The van der Waals surface area contributed by atoms with Gasteiger partial charge in [0.05, 0.1) is 12.1 Å². The van der Waals surface area contributed by atoms with Crippen LogP contribution in [0.3, 0.4) is 0 Å². The highest BCUT2D eigenvalue weighted by atomic mass is 19.1. The van der Waals surface area contributed by atoms with Crippen LogP contribution in [0, 0.1) is 5.82 Å². The molecule has 3 nitrogen and oxygen atoms in total. The van der Waals surface area contributed by atoms with Crippen molar-refractivity contribution in [3.8, 4) is 0 Å². The van der Waals surface area contributed by atoms with Crippen molar-refractivity contribution in [2.45, 2.75) is 33.6 Å². The van der Waals surface area contributed by atoms with Gasteiger partial charge >= 0.3 is 0 Å². The van der Waals surface area contributed by atoms with E-state index >= 15 is 0 Å². The molecule has 0 aromatic heterocycles. The highest BCUT2D eigenvalue weighted by Gasteiger charge is 2.08. The summed E-state index contributed by atoms with van der Waals surface area (Å²) in [6, 6.07) is 4.43. The predicted molar refractivity (Wildman–Crippen MR) is 76.9 cm³/mol.